The third kappa shape index (κ3) is 1.08. The molecule has 0 saturated heterocycles. The Morgan fingerprint density at radius 3 is 2.91 bits per heavy atom. The number of fused-ring (bicyclic) bond motifs is 1. The molecule has 1 aromatic rings. The van der Waals surface area contributed by atoms with Crippen LogP contribution in [0.5, 0.6) is 11.5 Å². The molecule has 0 bridgehead atoms. The van der Waals surface area contributed by atoms with E-state index in [1.807, 2.05) is 25.1 Å². The molecule has 0 aromatic heterocycles. The average molecular weight is 168 g/mol. The summed E-state index contributed by atoms with van der Waals surface area (Å²) in [7, 11) is 2.48. The fourth-order valence-electron chi connectivity index (χ4n) is 1.13. The van der Waals surface area contributed by atoms with Gasteiger partial charge >= 0.3 is 0 Å². The molecule has 0 radical (unpaired) electrons. The van der Waals surface area contributed by atoms with Gasteiger partial charge in [-0.2, -0.15) is 0 Å². The summed E-state index contributed by atoms with van der Waals surface area (Å²) < 4.78 is 10.7. The maximum atomic E-state index is 5.38. The lowest BCUT2D eigenvalue weighted by molar-refractivity contribution is 0.134. The van der Waals surface area contributed by atoms with Crippen molar-refractivity contribution in [1.29, 1.82) is 0 Å². The molecule has 0 fully saturated rings. The average Bonchev–Trinajstić information content (AvgIpc) is 2.31. The van der Waals surface area contributed by atoms with Crippen molar-refractivity contribution in [2.45, 2.75) is 13.0 Å². The Hall–Kier alpha value is -0.750. The van der Waals surface area contributed by atoms with Crippen LogP contribution in [0.2, 0.25) is 0 Å². The highest BCUT2D eigenvalue weighted by atomic mass is 31.0. The fraction of sp³-hybridized carbons (Fsp3) is 0.250. The van der Waals surface area contributed by atoms with Crippen molar-refractivity contribution in [1.82, 2.24) is 0 Å². The quantitative estimate of drug-likeness (QED) is 0.551. The third-order valence-corrected chi connectivity index (χ3v) is 1.93. The molecule has 11 heavy (non-hydrogen) atoms. The molecule has 1 aromatic carbocycles. The molecule has 2 unspecified atom stereocenters. The van der Waals surface area contributed by atoms with Crippen molar-refractivity contribution in [3.63, 3.8) is 0 Å². The molecule has 2 atom stereocenters. The standard InChI is InChI=1S/C8H9O2P/c1-5-3-2-4-6-7(5)10-8(11)9-6/h2-4,8H,11H2,1H3. The van der Waals surface area contributed by atoms with Crippen molar-refractivity contribution >= 4 is 9.24 Å². The van der Waals surface area contributed by atoms with Gasteiger partial charge in [0, 0.05) is 0 Å². The number of hydrogen-bond donors (Lipinski definition) is 0. The van der Waals surface area contributed by atoms with Crippen molar-refractivity contribution in [3.05, 3.63) is 23.8 Å². The van der Waals surface area contributed by atoms with E-state index in [2.05, 4.69) is 9.24 Å². The van der Waals surface area contributed by atoms with Crippen molar-refractivity contribution in [2.24, 2.45) is 0 Å². The summed E-state index contributed by atoms with van der Waals surface area (Å²) in [6, 6.07) is 5.66. The highest BCUT2D eigenvalue weighted by Gasteiger charge is 2.20. The molecule has 58 valence electrons. The smallest absolute Gasteiger partial charge is 0.252 e. The molecule has 0 spiro atoms. The van der Waals surface area contributed by atoms with Crippen LogP contribution >= 0.6 is 9.24 Å². The Morgan fingerprint density at radius 2 is 2.18 bits per heavy atom. The summed E-state index contributed by atoms with van der Waals surface area (Å²) in [4.78, 5) is 0. The second-order valence-electron chi connectivity index (χ2n) is 2.51. The number of rotatable bonds is 0. The Labute approximate surface area is 67.7 Å². The summed E-state index contributed by atoms with van der Waals surface area (Å²) in [5.41, 5.74) is 1.12. The van der Waals surface area contributed by atoms with Crippen LogP contribution in [0, 0.1) is 6.92 Å². The van der Waals surface area contributed by atoms with E-state index in [0.717, 1.165) is 17.1 Å². The zero-order valence-electron chi connectivity index (χ0n) is 6.20. The van der Waals surface area contributed by atoms with E-state index in [1.165, 1.54) is 0 Å². The zero-order chi connectivity index (χ0) is 7.84. The SMILES string of the molecule is Cc1cccc2c1OC(P)O2. The topological polar surface area (TPSA) is 18.5 Å². The van der Waals surface area contributed by atoms with Gasteiger partial charge in [-0.25, -0.2) is 0 Å². The first-order valence-electron chi connectivity index (χ1n) is 3.46. The highest BCUT2D eigenvalue weighted by molar-refractivity contribution is 7.17. The van der Waals surface area contributed by atoms with Gasteiger partial charge in [0.1, 0.15) is 0 Å². The summed E-state index contributed by atoms with van der Waals surface area (Å²) >= 11 is 0. The van der Waals surface area contributed by atoms with Crippen molar-refractivity contribution < 1.29 is 9.47 Å². The van der Waals surface area contributed by atoms with E-state index < -0.39 is 0 Å². The Balaban J connectivity index is 2.49. The molecule has 0 aliphatic carbocycles. The molecule has 2 nitrogen and oxygen atoms in total. The predicted molar refractivity (Wildman–Crippen MR) is 45.9 cm³/mol. The number of ether oxygens (including phenoxy) is 2. The molecule has 3 heteroatoms. The molecule has 1 aliphatic rings. The number of hydrogen-bond acceptors (Lipinski definition) is 2. The highest BCUT2D eigenvalue weighted by Crippen LogP contribution is 2.38. The molecule has 0 saturated carbocycles. The molecule has 0 amide bonds. The van der Waals surface area contributed by atoms with E-state index in [1.54, 1.807) is 0 Å². The molecule has 2 rings (SSSR count). The first kappa shape index (κ1) is 6.93. The molecule has 0 N–H and O–H groups in total. The van der Waals surface area contributed by atoms with Crippen molar-refractivity contribution in [3.8, 4) is 11.5 Å². The molecular formula is C8H9O2P. The number of para-hydroxylation sites is 1. The second-order valence-corrected chi connectivity index (χ2v) is 3.05. The van der Waals surface area contributed by atoms with Crippen LogP contribution < -0.4 is 9.47 Å². The van der Waals surface area contributed by atoms with E-state index in [-0.39, 0.29) is 6.03 Å². The van der Waals surface area contributed by atoms with E-state index >= 15 is 0 Å². The van der Waals surface area contributed by atoms with Crippen LogP contribution in [-0.2, 0) is 0 Å². The van der Waals surface area contributed by atoms with Gasteiger partial charge in [-0.15, -0.1) is 0 Å². The van der Waals surface area contributed by atoms with E-state index in [4.69, 9.17) is 9.47 Å². The van der Waals surface area contributed by atoms with Gasteiger partial charge in [-0.1, -0.05) is 12.1 Å². The van der Waals surface area contributed by atoms with Gasteiger partial charge in [0.15, 0.2) is 11.5 Å². The largest absolute Gasteiger partial charge is 0.448 e. The summed E-state index contributed by atoms with van der Waals surface area (Å²) in [6.45, 7) is 2.00. The first-order chi connectivity index (χ1) is 5.27. The van der Waals surface area contributed by atoms with Gasteiger partial charge in [-0.3, -0.25) is 0 Å². The monoisotopic (exact) mass is 168 g/mol. The summed E-state index contributed by atoms with van der Waals surface area (Å²) in [5.74, 6) is 1.71. The fourth-order valence-corrected chi connectivity index (χ4v) is 1.42. The molecular weight excluding hydrogens is 159 g/mol. The van der Waals surface area contributed by atoms with Gasteiger partial charge in [0.2, 0.25) is 0 Å². The van der Waals surface area contributed by atoms with Crippen LogP contribution in [0.15, 0.2) is 18.2 Å². The van der Waals surface area contributed by atoms with Crippen LogP contribution in [0.3, 0.4) is 0 Å². The third-order valence-electron chi connectivity index (χ3n) is 1.65. The van der Waals surface area contributed by atoms with Crippen LogP contribution in [-0.4, -0.2) is 6.03 Å². The molecule has 1 heterocycles. The minimum Gasteiger partial charge on any atom is -0.448 e. The molecule has 1 aliphatic heterocycles. The van der Waals surface area contributed by atoms with Gasteiger partial charge in [0.25, 0.3) is 6.03 Å². The lowest BCUT2D eigenvalue weighted by Crippen LogP contribution is -2.06. The maximum Gasteiger partial charge on any atom is 0.252 e. The van der Waals surface area contributed by atoms with Crippen molar-refractivity contribution in [2.75, 3.05) is 0 Å². The second kappa shape index (κ2) is 2.38. The van der Waals surface area contributed by atoms with Crippen LogP contribution in [0.1, 0.15) is 5.56 Å². The Kier molecular flexibility index (Phi) is 1.50. The van der Waals surface area contributed by atoms with Crippen LogP contribution in [0.4, 0.5) is 0 Å². The lowest BCUT2D eigenvalue weighted by Gasteiger charge is -2.00. The predicted octanol–water partition coefficient (Wildman–Crippen LogP) is 1.92. The van der Waals surface area contributed by atoms with Gasteiger partial charge in [-0.05, 0) is 27.8 Å². The van der Waals surface area contributed by atoms with Gasteiger partial charge < -0.3 is 9.47 Å². The van der Waals surface area contributed by atoms with E-state index in [0.29, 0.717) is 0 Å². The normalized spacial score (nSPS) is 20.4. The summed E-state index contributed by atoms with van der Waals surface area (Å²) in [5, 5.41) is 0. The van der Waals surface area contributed by atoms with E-state index in [9.17, 15) is 0 Å². The zero-order valence-corrected chi connectivity index (χ0v) is 7.36. The maximum absolute atomic E-state index is 5.38. The Bertz CT molecular complexity index is 285. The Morgan fingerprint density at radius 1 is 1.36 bits per heavy atom. The minimum absolute atomic E-state index is 0.217. The first-order valence-corrected chi connectivity index (χ1v) is 4.12. The van der Waals surface area contributed by atoms with Gasteiger partial charge in [0.05, 0.1) is 0 Å². The lowest BCUT2D eigenvalue weighted by atomic mass is 10.2. The minimum atomic E-state index is -0.217. The number of benzene rings is 1. The summed E-state index contributed by atoms with van der Waals surface area (Å²) in [6.07, 6.45) is 0. The van der Waals surface area contributed by atoms with Crippen LogP contribution in [0.25, 0.3) is 0 Å². The number of aryl methyl sites for hydroxylation is 1.